The zero-order chi connectivity index (χ0) is 17.0. The number of nitrogens with one attached hydrogen (secondary N) is 2. The number of carbonyl (C=O) groups is 2. The van der Waals surface area contributed by atoms with Crippen molar-refractivity contribution in [1.29, 1.82) is 0 Å². The molecular weight excluding hydrogens is 320 g/mol. The summed E-state index contributed by atoms with van der Waals surface area (Å²) in [6.45, 7) is 1.78. The first-order chi connectivity index (χ1) is 10.8. The van der Waals surface area contributed by atoms with Gasteiger partial charge >= 0.3 is 5.97 Å². The predicted octanol–water partition coefficient (Wildman–Crippen LogP) is 1.89. The van der Waals surface area contributed by atoms with Gasteiger partial charge in [-0.15, -0.1) is 0 Å². The van der Waals surface area contributed by atoms with Crippen molar-refractivity contribution in [2.24, 2.45) is 11.8 Å². The largest absolute Gasteiger partial charge is 0.481 e. The van der Waals surface area contributed by atoms with E-state index in [4.69, 9.17) is 5.11 Å². The number of benzene rings is 1. The van der Waals surface area contributed by atoms with Crippen molar-refractivity contribution < 1.29 is 23.1 Å². The summed E-state index contributed by atoms with van der Waals surface area (Å²) in [4.78, 5) is 23.0. The molecule has 8 heteroatoms. The van der Waals surface area contributed by atoms with Crippen LogP contribution >= 0.6 is 0 Å². The van der Waals surface area contributed by atoms with Crippen LogP contribution in [0.5, 0.6) is 0 Å². The summed E-state index contributed by atoms with van der Waals surface area (Å²) in [5.74, 6) is -2.34. The van der Waals surface area contributed by atoms with Gasteiger partial charge in [0.2, 0.25) is 15.9 Å². The minimum Gasteiger partial charge on any atom is -0.481 e. The molecular formula is C15H20N2O5S. The van der Waals surface area contributed by atoms with E-state index in [0.29, 0.717) is 30.6 Å². The SMILES string of the molecule is CCCS(=O)(=O)Nc1ccc(NC(=O)C2CCC2C(=O)O)cc1. The number of hydrogen-bond donors (Lipinski definition) is 3. The van der Waals surface area contributed by atoms with Crippen molar-refractivity contribution in [3.8, 4) is 0 Å². The van der Waals surface area contributed by atoms with E-state index in [1.165, 1.54) is 0 Å². The van der Waals surface area contributed by atoms with Gasteiger partial charge in [-0.1, -0.05) is 6.92 Å². The monoisotopic (exact) mass is 340 g/mol. The van der Waals surface area contributed by atoms with Crippen LogP contribution in [0.3, 0.4) is 0 Å². The number of rotatable bonds is 7. The third-order valence-corrected chi connectivity index (χ3v) is 5.32. The molecule has 0 aromatic heterocycles. The van der Waals surface area contributed by atoms with Crippen LogP contribution in [-0.2, 0) is 19.6 Å². The highest BCUT2D eigenvalue weighted by molar-refractivity contribution is 7.92. The Balaban J connectivity index is 1.95. The number of hydrogen-bond acceptors (Lipinski definition) is 4. The molecule has 1 aromatic carbocycles. The van der Waals surface area contributed by atoms with E-state index in [1.807, 2.05) is 0 Å². The Morgan fingerprint density at radius 2 is 1.70 bits per heavy atom. The van der Waals surface area contributed by atoms with Crippen LogP contribution in [0.15, 0.2) is 24.3 Å². The van der Waals surface area contributed by atoms with Gasteiger partial charge in [0.1, 0.15) is 0 Å². The van der Waals surface area contributed by atoms with E-state index in [-0.39, 0.29) is 11.7 Å². The third kappa shape index (κ3) is 4.44. The van der Waals surface area contributed by atoms with Crippen molar-refractivity contribution in [2.45, 2.75) is 26.2 Å². The van der Waals surface area contributed by atoms with Crippen molar-refractivity contribution in [2.75, 3.05) is 15.8 Å². The maximum Gasteiger partial charge on any atom is 0.307 e. The standard InChI is InChI=1S/C15H20N2O5S/c1-2-9-23(21,22)17-11-5-3-10(4-6-11)16-14(18)12-7-8-13(12)15(19)20/h3-6,12-13,17H,2,7-9H2,1H3,(H,16,18)(H,19,20). The second-order valence-corrected chi connectivity index (χ2v) is 7.46. The molecule has 0 spiro atoms. The summed E-state index contributed by atoms with van der Waals surface area (Å²) in [5.41, 5.74) is 0.924. The lowest BCUT2D eigenvalue weighted by atomic mass is 9.73. The van der Waals surface area contributed by atoms with Crippen molar-refractivity contribution in [1.82, 2.24) is 0 Å². The molecule has 1 aliphatic carbocycles. The summed E-state index contributed by atoms with van der Waals surface area (Å²) in [6.07, 6.45) is 1.61. The van der Waals surface area contributed by atoms with Crippen molar-refractivity contribution in [3.05, 3.63) is 24.3 Å². The first-order valence-electron chi connectivity index (χ1n) is 7.46. The molecule has 23 heavy (non-hydrogen) atoms. The Morgan fingerprint density at radius 1 is 1.13 bits per heavy atom. The molecule has 1 amide bonds. The van der Waals surface area contributed by atoms with Crippen molar-refractivity contribution >= 4 is 33.3 Å². The first kappa shape index (κ1) is 17.3. The van der Waals surface area contributed by atoms with Gasteiger partial charge in [0.15, 0.2) is 0 Å². The summed E-state index contributed by atoms with van der Waals surface area (Å²) in [5, 5.41) is 11.6. The number of carbonyl (C=O) groups excluding carboxylic acids is 1. The van der Waals surface area contributed by atoms with Crippen molar-refractivity contribution in [3.63, 3.8) is 0 Å². The quantitative estimate of drug-likeness (QED) is 0.701. The maximum atomic E-state index is 12.0. The first-order valence-corrected chi connectivity index (χ1v) is 9.12. The molecule has 0 aliphatic heterocycles. The molecule has 1 aliphatic rings. The lowest BCUT2D eigenvalue weighted by molar-refractivity contribution is -0.151. The van der Waals surface area contributed by atoms with Gasteiger partial charge in [0.25, 0.3) is 0 Å². The van der Waals surface area contributed by atoms with E-state index >= 15 is 0 Å². The molecule has 3 N–H and O–H groups in total. The Kier molecular flexibility index (Phi) is 5.25. The van der Waals surface area contributed by atoms with Gasteiger partial charge in [0.05, 0.1) is 17.6 Å². The molecule has 2 rings (SSSR count). The third-order valence-electron chi connectivity index (χ3n) is 3.83. The predicted molar refractivity (Wildman–Crippen MR) is 86.6 cm³/mol. The average molecular weight is 340 g/mol. The van der Waals surface area contributed by atoms with E-state index < -0.39 is 27.8 Å². The molecule has 1 fully saturated rings. The summed E-state index contributed by atoms with van der Waals surface area (Å²) in [7, 11) is -3.35. The van der Waals surface area contributed by atoms with Gasteiger partial charge < -0.3 is 10.4 Å². The highest BCUT2D eigenvalue weighted by Crippen LogP contribution is 2.35. The van der Waals surface area contributed by atoms with E-state index in [0.717, 1.165) is 0 Å². The lowest BCUT2D eigenvalue weighted by Crippen LogP contribution is -2.41. The smallest absolute Gasteiger partial charge is 0.307 e. The van der Waals surface area contributed by atoms with Gasteiger partial charge in [-0.05, 0) is 43.5 Å². The fourth-order valence-electron chi connectivity index (χ4n) is 2.47. The minimum atomic E-state index is -3.35. The van der Waals surface area contributed by atoms with Gasteiger partial charge in [0, 0.05) is 11.4 Å². The zero-order valence-corrected chi connectivity index (χ0v) is 13.6. The number of sulfonamides is 1. The number of anilines is 2. The maximum absolute atomic E-state index is 12.0. The molecule has 7 nitrogen and oxygen atoms in total. The molecule has 2 unspecified atom stereocenters. The number of carboxylic acid groups (broad SMARTS) is 1. The highest BCUT2D eigenvalue weighted by atomic mass is 32.2. The molecule has 0 bridgehead atoms. The Bertz CT molecular complexity index is 684. The van der Waals surface area contributed by atoms with Crippen LogP contribution < -0.4 is 10.0 Å². The molecule has 1 aromatic rings. The summed E-state index contributed by atoms with van der Waals surface area (Å²) >= 11 is 0. The van der Waals surface area contributed by atoms with Crippen LogP contribution in [0.2, 0.25) is 0 Å². The second-order valence-electron chi connectivity index (χ2n) is 5.62. The van der Waals surface area contributed by atoms with Crippen LogP contribution in [0, 0.1) is 11.8 Å². The summed E-state index contributed by atoms with van der Waals surface area (Å²) < 4.78 is 25.8. The number of amides is 1. The second kappa shape index (κ2) is 6.99. The topological polar surface area (TPSA) is 113 Å². The van der Waals surface area contributed by atoms with E-state index in [1.54, 1.807) is 31.2 Å². The highest BCUT2D eigenvalue weighted by Gasteiger charge is 2.41. The molecule has 1 saturated carbocycles. The van der Waals surface area contributed by atoms with Crippen LogP contribution in [0.25, 0.3) is 0 Å². The Hall–Kier alpha value is -2.09. The van der Waals surface area contributed by atoms with Gasteiger partial charge in [-0.3, -0.25) is 14.3 Å². The molecule has 0 saturated heterocycles. The van der Waals surface area contributed by atoms with Gasteiger partial charge in [-0.25, -0.2) is 8.42 Å². The lowest BCUT2D eigenvalue weighted by Gasteiger charge is -2.31. The minimum absolute atomic E-state index is 0.0454. The van der Waals surface area contributed by atoms with Crippen LogP contribution in [-0.4, -0.2) is 31.2 Å². The normalized spacial score (nSPS) is 20.4. The Labute approximate surface area is 135 Å². The number of aliphatic carboxylic acids is 1. The number of carboxylic acids is 1. The average Bonchev–Trinajstić information content (AvgIpc) is 2.38. The van der Waals surface area contributed by atoms with E-state index in [9.17, 15) is 18.0 Å². The summed E-state index contributed by atoms with van der Waals surface area (Å²) in [6, 6.07) is 6.27. The van der Waals surface area contributed by atoms with E-state index in [2.05, 4.69) is 10.0 Å². The van der Waals surface area contributed by atoms with Crippen LogP contribution in [0.1, 0.15) is 26.2 Å². The fourth-order valence-corrected chi connectivity index (χ4v) is 3.60. The van der Waals surface area contributed by atoms with Crippen LogP contribution in [0.4, 0.5) is 11.4 Å². The zero-order valence-electron chi connectivity index (χ0n) is 12.8. The molecule has 0 heterocycles. The molecule has 0 radical (unpaired) electrons. The van der Waals surface area contributed by atoms with Gasteiger partial charge in [-0.2, -0.15) is 0 Å². The Morgan fingerprint density at radius 3 is 2.17 bits per heavy atom. The molecule has 126 valence electrons. The fraction of sp³-hybridized carbons (Fsp3) is 0.467. The molecule has 2 atom stereocenters.